The predicted octanol–water partition coefficient (Wildman–Crippen LogP) is 2.39. The first kappa shape index (κ1) is 17.6. The highest BCUT2D eigenvalue weighted by Gasteiger charge is 2.30. The molecule has 0 aromatic carbocycles. The van der Waals surface area contributed by atoms with Crippen LogP contribution in [0.15, 0.2) is 12.2 Å². The zero-order chi connectivity index (χ0) is 16.7. The third kappa shape index (κ3) is 6.07. The van der Waals surface area contributed by atoms with Gasteiger partial charge in [0, 0.05) is 19.8 Å². The number of carbonyl (C=O) groups excluding carboxylic acids is 2. The summed E-state index contributed by atoms with van der Waals surface area (Å²) in [6.07, 6.45) is 8.20. The minimum atomic E-state index is -0.556. The Labute approximate surface area is 137 Å². The lowest BCUT2D eigenvalue weighted by Gasteiger charge is -2.29. The molecule has 1 aliphatic carbocycles. The van der Waals surface area contributed by atoms with Crippen molar-refractivity contribution in [3.63, 3.8) is 0 Å². The van der Waals surface area contributed by atoms with Gasteiger partial charge in [-0.3, -0.25) is 9.59 Å². The molecular formula is C18H24O5. The molecule has 1 fully saturated rings. The minimum absolute atomic E-state index is 0.0409. The van der Waals surface area contributed by atoms with Crippen molar-refractivity contribution in [1.82, 2.24) is 0 Å². The molecular weight excluding hydrogens is 296 g/mol. The average Bonchev–Trinajstić information content (AvgIpc) is 2.53. The number of esters is 2. The Morgan fingerprint density at radius 3 is 2.48 bits per heavy atom. The van der Waals surface area contributed by atoms with Crippen molar-refractivity contribution in [1.29, 1.82) is 0 Å². The molecule has 1 heterocycles. The number of carbonyl (C=O) groups is 2. The number of hydrogen-bond acceptors (Lipinski definition) is 5. The van der Waals surface area contributed by atoms with E-state index < -0.39 is 24.1 Å². The van der Waals surface area contributed by atoms with Gasteiger partial charge >= 0.3 is 11.9 Å². The normalized spacial score (nSPS) is 27.7. The highest BCUT2D eigenvalue weighted by atomic mass is 16.6. The van der Waals surface area contributed by atoms with Crippen molar-refractivity contribution < 1.29 is 23.8 Å². The number of ether oxygens (including phenoxy) is 3. The van der Waals surface area contributed by atoms with E-state index in [-0.39, 0.29) is 12.7 Å². The summed E-state index contributed by atoms with van der Waals surface area (Å²) in [5.41, 5.74) is 0. The van der Waals surface area contributed by atoms with E-state index in [0.29, 0.717) is 5.92 Å². The Bertz CT molecular complexity index is 507. The van der Waals surface area contributed by atoms with Crippen LogP contribution in [0.5, 0.6) is 0 Å². The molecule has 0 radical (unpaired) electrons. The SMILES string of the molecule is CC(=O)OC[C@H]1O[C@H](C#CC2CCCCC2)C=C[C@@H]1OC(C)=O. The Balaban J connectivity index is 1.98. The van der Waals surface area contributed by atoms with Gasteiger partial charge in [-0.1, -0.05) is 31.1 Å². The number of hydrogen-bond donors (Lipinski definition) is 0. The molecule has 1 saturated carbocycles. The van der Waals surface area contributed by atoms with Gasteiger partial charge < -0.3 is 14.2 Å². The highest BCUT2D eigenvalue weighted by molar-refractivity contribution is 5.66. The number of rotatable bonds is 3. The molecule has 0 spiro atoms. The quantitative estimate of drug-likeness (QED) is 0.454. The lowest BCUT2D eigenvalue weighted by atomic mass is 9.89. The van der Waals surface area contributed by atoms with E-state index in [1.807, 2.05) is 0 Å². The van der Waals surface area contributed by atoms with Gasteiger partial charge in [-0.2, -0.15) is 0 Å². The molecule has 0 unspecified atom stereocenters. The first-order valence-corrected chi connectivity index (χ1v) is 8.20. The lowest BCUT2D eigenvalue weighted by Crippen LogP contribution is -2.41. The first-order valence-electron chi connectivity index (χ1n) is 8.20. The summed E-state index contributed by atoms with van der Waals surface area (Å²) in [6, 6.07) is 0. The van der Waals surface area contributed by atoms with E-state index in [1.165, 1.54) is 33.1 Å². The summed E-state index contributed by atoms with van der Waals surface area (Å²) >= 11 is 0. The Hall–Kier alpha value is -1.80. The molecule has 0 N–H and O–H groups in total. The molecule has 126 valence electrons. The van der Waals surface area contributed by atoms with Crippen LogP contribution in [0, 0.1) is 17.8 Å². The Morgan fingerprint density at radius 1 is 1.09 bits per heavy atom. The standard InChI is InChI=1S/C18H24O5/c1-13(19)21-12-18-17(22-14(2)20)11-10-16(23-18)9-8-15-6-4-3-5-7-15/h10-11,15-18H,3-7,12H2,1-2H3/t16-,17+,18-/m1/s1. The molecule has 2 rings (SSSR count). The van der Waals surface area contributed by atoms with Crippen LogP contribution in [0.3, 0.4) is 0 Å². The molecule has 0 amide bonds. The van der Waals surface area contributed by atoms with Crippen LogP contribution in [0.25, 0.3) is 0 Å². The molecule has 23 heavy (non-hydrogen) atoms. The fourth-order valence-corrected chi connectivity index (χ4v) is 2.81. The van der Waals surface area contributed by atoms with Gasteiger partial charge in [-0.15, -0.1) is 0 Å². The van der Waals surface area contributed by atoms with Crippen LogP contribution in [-0.2, 0) is 23.8 Å². The van der Waals surface area contributed by atoms with Crippen molar-refractivity contribution in [2.24, 2.45) is 5.92 Å². The van der Waals surface area contributed by atoms with Crippen molar-refractivity contribution >= 4 is 11.9 Å². The maximum absolute atomic E-state index is 11.2. The molecule has 3 atom stereocenters. The van der Waals surface area contributed by atoms with Crippen LogP contribution < -0.4 is 0 Å². The molecule has 0 aromatic heterocycles. The summed E-state index contributed by atoms with van der Waals surface area (Å²) in [5.74, 6) is 6.08. The second kappa shape index (κ2) is 8.73. The van der Waals surface area contributed by atoms with Gasteiger partial charge in [0.05, 0.1) is 0 Å². The van der Waals surface area contributed by atoms with Crippen molar-refractivity contribution in [3.8, 4) is 11.8 Å². The van der Waals surface area contributed by atoms with Gasteiger partial charge in [0.15, 0.2) is 0 Å². The molecule has 5 nitrogen and oxygen atoms in total. The van der Waals surface area contributed by atoms with Gasteiger partial charge in [-0.25, -0.2) is 0 Å². The summed E-state index contributed by atoms with van der Waals surface area (Å²) < 4.78 is 16.0. The lowest BCUT2D eigenvalue weighted by molar-refractivity contribution is -0.161. The van der Waals surface area contributed by atoms with Crippen molar-refractivity contribution in [3.05, 3.63) is 12.2 Å². The van der Waals surface area contributed by atoms with Crippen LogP contribution in [-0.4, -0.2) is 36.9 Å². The maximum atomic E-state index is 11.2. The largest absolute Gasteiger partial charge is 0.463 e. The van der Waals surface area contributed by atoms with Crippen LogP contribution in [0.1, 0.15) is 46.0 Å². The van der Waals surface area contributed by atoms with E-state index in [0.717, 1.165) is 12.8 Å². The molecule has 5 heteroatoms. The van der Waals surface area contributed by atoms with E-state index in [9.17, 15) is 9.59 Å². The smallest absolute Gasteiger partial charge is 0.303 e. The molecule has 0 saturated heterocycles. The fourth-order valence-electron chi connectivity index (χ4n) is 2.81. The third-order valence-electron chi connectivity index (χ3n) is 3.95. The zero-order valence-corrected chi connectivity index (χ0v) is 13.7. The first-order chi connectivity index (χ1) is 11.0. The van der Waals surface area contributed by atoms with Crippen LogP contribution in [0.2, 0.25) is 0 Å². The highest BCUT2D eigenvalue weighted by Crippen LogP contribution is 2.23. The van der Waals surface area contributed by atoms with Crippen LogP contribution >= 0.6 is 0 Å². The molecule has 0 aromatic rings. The van der Waals surface area contributed by atoms with Crippen LogP contribution in [0.4, 0.5) is 0 Å². The molecule has 0 bridgehead atoms. The fraction of sp³-hybridized carbons (Fsp3) is 0.667. The maximum Gasteiger partial charge on any atom is 0.303 e. The predicted molar refractivity (Wildman–Crippen MR) is 84.3 cm³/mol. The van der Waals surface area contributed by atoms with Crippen molar-refractivity contribution in [2.45, 2.75) is 64.3 Å². The van der Waals surface area contributed by atoms with E-state index >= 15 is 0 Å². The van der Waals surface area contributed by atoms with E-state index in [2.05, 4.69) is 11.8 Å². The summed E-state index contributed by atoms with van der Waals surface area (Å²) in [4.78, 5) is 22.2. The Kier molecular flexibility index (Phi) is 6.66. The topological polar surface area (TPSA) is 61.8 Å². The second-order valence-electron chi connectivity index (χ2n) is 5.98. The zero-order valence-electron chi connectivity index (χ0n) is 13.7. The van der Waals surface area contributed by atoms with E-state index in [1.54, 1.807) is 12.2 Å². The minimum Gasteiger partial charge on any atom is -0.463 e. The summed E-state index contributed by atoms with van der Waals surface area (Å²) in [5, 5.41) is 0. The van der Waals surface area contributed by atoms with Crippen molar-refractivity contribution in [2.75, 3.05) is 6.61 Å². The summed E-state index contributed by atoms with van der Waals surface area (Å²) in [7, 11) is 0. The average molecular weight is 320 g/mol. The molecule has 2 aliphatic rings. The summed E-state index contributed by atoms with van der Waals surface area (Å²) in [6.45, 7) is 2.71. The third-order valence-corrected chi connectivity index (χ3v) is 3.95. The van der Waals surface area contributed by atoms with Gasteiger partial charge in [0.2, 0.25) is 0 Å². The molecule has 1 aliphatic heterocycles. The van der Waals surface area contributed by atoms with Gasteiger partial charge in [-0.05, 0) is 25.0 Å². The Morgan fingerprint density at radius 2 is 1.83 bits per heavy atom. The van der Waals surface area contributed by atoms with E-state index in [4.69, 9.17) is 14.2 Å². The monoisotopic (exact) mass is 320 g/mol. The second-order valence-corrected chi connectivity index (χ2v) is 5.98. The van der Waals surface area contributed by atoms with Gasteiger partial charge in [0.25, 0.3) is 0 Å². The van der Waals surface area contributed by atoms with Gasteiger partial charge in [0.1, 0.15) is 24.9 Å².